The molecule has 2 aromatic rings. The van der Waals surface area contributed by atoms with Gasteiger partial charge >= 0.3 is 6.09 Å². The van der Waals surface area contributed by atoms with E-state index in [1.54, 1.807) is 0 Å². The number of amides is 1. The van der Waals surface area contributed by atoms with Crippen molar-refractivity contribution in [2.45, 2.75) is 25.7 Å². The minimum atomic E-state index is -0.174. The number of carbonyl (C=O) groups excluding carboxylic acids is 1. The zero-order chi connectivity index (χ0) is 16.8. The summed E-state index contributed by atoms with van der Waals surface area (Å²) < 4.78 is 5.13. The van der Waals surface area contributed by atoms with Gasteiger partial charge in [0, 0.05) is 19.0 Å². The van der Waals surface area contributed by atoms with Gasteiger partial charge in [-0.1, -0.05) is 60.7 Å². The Labute approximate surface area is 144 Å². The first-order valence-corrected chi connectivity index (χ1v) is 8.81. The van der Waals surface area contributed by atoms with Crippen LogP contribution in [-0.4, -0.2) is 30.7 Å². The van der Waals surface area contributed by atoms with Crippen LogP contribution in [0.3, 0.4) is 0 Å². The van der Waals surface area contributed by atoms with Crippen molar-refractivity contribution in [3.63, 3.8) is 0 Å². The van der Waals surface area contributed by atoms with E-state index in [-0.39, 0.29) is 6.09 Å². The summed E-state index contributed by atoms with van der Waals surface area (Å²) in [5.74, 6) is 0.928. The van der Waals surface area contributed by atoms with Crippen LogP contribution in [-0.2, 0) is 4.74 Å². The monoisotopic (exact) mass is 323 g/mol. The molecule has 1 amide bonds. The van der Waals surface area contributed by atoms with Crippen molar-refractivity contribution in [2.24, 2.45) is 5.92 Å². The first kappa shape index (κ1) is 16.6. The van der Waals surface area contributed by atoms with Gasteiger partial charge in [0.05, 0.1) is 6.61 Å². The first-order chi connectivity index (χ1) is 11.8. The highest BCUT2D eigenvalue weighted by Gasteiger charge is 2.30. The van der Waals surface area contributed by atoms with Gasteiger partial charge < -0.3 is 9.64 Å². The quantitative estimate of drug-likeness (QED) is 0.817. The molecule has 1 fully saturated rings. The van der Waals surface area contributed by atoms with Crippen LogP contribution in [0.4, 0.5) is 4.79 Å². The molecule has 0 radical (unpaired) electrons. The smallest absolute Gasteiger partial charge is 0.409 e. The van der Waals surface area contributed by atoms with Gasteiger partial charge in [-0.3, -0.25) is 0 Å². The summed E-state index contributed by atoms with van der Waals surface area (Å²) in [6.45, 7) is 3.85. The highest BCUT2D eigenvalue weighted by molar-refractivity contribution is 5.67. The van der Waals surface area contributed by atoms with Crippen molar-refractivity contribution in [3.8, 4) is 0 Å². The van der Waals surface area contributed by atoms with Crippen molar-refractivity contribution in [1.82, 2.24) is 4.90 Å². The molecule has 0 bridgehead atoms. The van der Waals surface area contributed by atoms with Crippen LogP contribution in [0.25, 0.3) is 0 Å². The number of piperidine rings is 1. The molecule has 0 aromatic heterocycles. The van der Waals surface area contributed by atoms with Crippen LogP contribution in [0.15, 0.2) is 60.7 Å². The highest BCUT2D eigenvalue weighted by atomic mass is 16.6. The molecule has 1 aliphatic heterocycles. The highest BCUT2D eigenvalue weighted by Crippen LogP contribution is 2.37. The third-order valence-electron chi connectivity index (χ3n) is 4.85. The van der Waals surface area contributed by atoms with Crippen molar-refractivity contribution in [3.05, 3.63) is 71.8 Å². The average molecular weight is 323 g/mol. The van der Waals surface area contributed by atoms with Crippen LogP contribution >= 0.6 is 0 Å². The number of rotatable bonds is 4. The maximum Gasteiger partial charge on any atom is 0.409 e. The molecule has 0 spiro atoms. The second-order valence-electron chi connectivity index (χ2n) is 6.32. The summed E-state index contributed by atoms with van der Waals surface area (Å²) in [4.78, 5) is 13.8. The van der Waals surface area contributed by atoms with Crippen molar-refractivity contribution in [2.75, 3.05) is 19.7 Å². The molecule has 24 heavy (non-hydrogen) atoms. The van der Waals surface area contributed by atoms with Crippen molar-refractivity contribution >= 4 is 6.09 Å². The number of ether oxygens (including phenoxy) is 1. The molecule has 0 N–H and O–H groups in total. The molecule has 1 saturated heterocycles. The van der Waals surface area contributed by atoms with Gasteiger partial charge in [-0.25, -0.2) is 4.79 Å². The van der Waals surface area contributed by atoms with Gasteiger partial charge in [0.2, 0.25) is 0 Å². The van der Waals surface area contributed by atoms with E-state index in [1.165, 1.54) is 11.1 Å². The number of benzene rings is 2. The lowest BCUT2D eigenvalue weighted by Crippen LogP contribution is -2.40. The molecule has 3 nitrogen and oxygen atoms in total. The SMILES string of the molecule is CCOC(=O)N1CCC(C(c2ccccc2)c2ccccc2)CC1. The summed E-state index contributed by atoms with van der Waals surface area (Å²) in [5, 5.41) is 0. The Bertz CT molecular complexity index is 594. The molecule has 0 unspecified atom stereocenters. The molecule has 0 atom stereocenters. The van der Waals surface area contributed by atoms with Crippen molar-refractivity contribution in [1.29, 1.82) is 0 Å². The summed E-state index contributed by atoms with van der Waals surface area (Å²) in [5.41, 5.74) is 2.72. The summed E-state index contributed by atoms with van der Waals surface area (Å²) >= 11 is 0. The lowest BCUT2D eigenvalue weighted by molar-refractivity contribution is 0.0901. The fraction of sp³-hybridized carbons (Fsp3) is 0.381. The number of nitrogens with zero attached hydrogens (tertiary/aromatic N) is 1. The van der Waals surface area contributed by atoms with E-state index in [0.717, 1.165) is 25.9 Å². The van der Waals surface area contributed by atoms with E-state index in [9.17, 15) is 4.79 Å². The maximum absolute atomic E-state index is 11.9. The predicted molar refractivity (Wildman–Crippen MR) is 96.0 cm³/mol. The largest absolute Gasteiger partial charge is 0.450 e. The Kier molecular flexibility index (Phi) is 5.52. The Morgan fingerprint density at radius 1 is 1.00 bits per heavy atom. The van der Waals surface area contributed by atoms with E-state index in [0.29, 0.717) is 18.4 Å². The molecule has 126 valence electrons. The zero-order valence-electron chi connectivity index (χ0n) is 14.2. The number of likely N-dealkylation sites (tertiary alicyclic amines) is 1. The first-order valence-electron chi connectivity index (χ1n) is 8.81. The van der Waals surface area contributed by atoms with E-state index in [4.69, 9.17) is 4.74 Å². The van der Waals surface area contributed by atoms with Crippen LogP contribution < -0.4 is 0 Å². The fourth-order valence-electron chi connectivity index (χ4n) is 3.69. The molecule has 3 rings (SSSR count). The topological polar surface area (TPSA) is 29.5 Å². The van der Waals surface area contributed by atoms with Gasteiger partial charge in [-0.2, -0.15) is 0 Å². The Morgan fingerprint density at radius 2 is 1.50 bits per heavy atom. The summed E-state index contributed by atoms with van der Waals surface area (Å²) in [6.07, 6.45) is 1.84. The van der Waals surface area contributed by atoms with E-state index >= 15 is 0 Å². The second-order valence-corrected chi connectivity index (χ2v) is 6.32. The fourth-order valence-corrected chi connectivity index (χ4v) is 3.69. The Hall–Kier alpha value is -2.29. The number of hydrogen-bond donors (Lipinski definition) is 0. The summed E-state index contributed by atoms with van der Waals surface area (Å²) in [6, 6.07) is 21.4. The van der Waals surface area contributed by atoms with Crippen LogP contribution in [0.5, 0.6) is 0 Å². The summed E-state index contributed by atoms with van der Waals surface area (Å²) in [7, 11) is 0. The van der Waals surface area contributed by atoms with Crippen LogP contribution in [0.1, 0.15) is 36.8 Å². The molecule has 0 saturated carbocycles. The van der Waals surface area contributed by atoms with E-state index < -0.39 is 0 Å². The standard InChI is InChI=1S/C21H25NO2/c1-2-24-21(23)22-15-13-19(14-16-22)20(17-9-5-3-6-10-17)18-11-7-4-8-12-18/h3-12,19-20H,2,13-16H2,1H3. The normalized spacial score (nSPS) is 15.5. The molecular weight excluding hydrogens is 298 g/mol. The zero-order valence-corrected chi connectivity index (χ0v) is 14.2. The number of hydrogen-bond acceptors (Lipinski definition) is 2. The van der Waals surface area contributed by atoms with Gasteiger partial charge in [0.1, 0.15) is 0 Å². The van der Waals surface area contributed by atoms with Crippen molar-refractivity contribution < 1.29 is 9.53 Å². The minimum Gasteiger partial charge on any atom is -0.450 e. The third-order valence-corrected chi connectivity index (χ3v) is 4.85. The van der Waals surface area contributed by atoms with Crippen LogP contribution in [0.2, 0.25) is 0 Å². The molecular formula is C21H25NO2. The molecule has 2 aromatic carbocycles. The average Bonchev–Trinajstić information content (AvgIpc) is 2.64. The van der Waals surface area contributed by atoms with Gasteiger partial charge in [-0.15, -0.1) is 0 Å². The van der Waals surface area contributed by atoms with Crippen LogP contribution in [0, 0.1) is 5.92 Å². The molecule has 1 heterocycles. The van der Waals surface area contributed by atoms with Gasteiger partial charge in [-0.05, 0) is 36.8 Å². The maximum atomic E-state index is 11.9. The molecule has 1 aliphatic rings. The molecule has 0 aliphatic carbocycles. The third kappa shape index (κ3) is 3.78. The second kappa shape index (κ2) is 8.00. The molecule has 3 heteroatoms. The number of carbonyl (C=O) groups is 1. The van der Waals surface area contributed by atoms with Gasteiger partial charge in [0.15, 0.2) is 0 Å². The lowest BCUT2D eigenvalue weighted by Gasteiger charge is -2.36. The lowest BCUT2D eigenvalue weighted by atomic mass is 9.76. The van der Waals surface area contributed by atoms with E-state index in [2.05, 4.69) is 60.7 Å². The minimum absolute atomic E-state index is 0.174. The van der Waals surface area contributed by atoms with E-state index in [1.807, 2.05) is 11.8 Å². The predicted octanol–water partition coefficient (Wildman–Crippen LogP) is 4.69. The Balaban J connectivity index is 1.77. The Morgan fingerprint density at radius 3 is 1.96 bits per heavy atom. The van der Waals surface area contributed by atoms with Gasteiger partial charge in [0.25, 0.3) is 0 Å².